The van der Waals surface area contributed by atoms with Crippen molar-refractivity contribution in [2.24, 2.45) is 0 Å². The molecule has 9 heteroatoms. The molecule has 4 amide bonds. The maximum absolute atomic E-state index is 12.5. The van der Waals surface area contributed by atoms with Gasteiger partial charge in [-0.15, -0.1) is 0 Å². The minimum absolute atomic E-state index is 0.126. The molecule has 118 valence electrons. The van der Waals surface area contributed by atoms with E-state index in [4.69, 9.17) is 0 Å². The summed E-state index contributed by atoms with van der Waals surface area (Å²) in [6.45, 7) is 1.74. The number of likely N-dealkylation sites (tertiary alicyclic amines) is 1. The van der Waals surface area contributed by atoms with E-state index in [9.17, 15) is 29.3 Å². The summed E-state index contributed by atoms with van der Waals surface area (Å²) in [5, 5.41) is 11.0. The molecule has 1 atom stereocenters. The first-order valence-corrected chi connectivity index (χ1v) is 6.88. The molecular weight excluding hydrogens is 306 g/mol. The lowest BCUT2D eigenvalue weighted by atomic mass is 10.1. The monoisotopic (exact) mass is 317 g/mol. The molecule has 1 aromatic rings. The largest absolute Gasteiger partial charge is 0.282 e. The van der Waals surface area contributed by atoms with Gasteiger partial charge in [0.15, 0.2) is 0 Å². The van der Waals surface area contributed by atoms with Gasteiger partial charge in [0.05, 0.1) is 16.9 Å². The molecule has 2 aliphatic heterocycles. The number of imide groups is 2. The molecule has 0 aromatic heterocycles. The van der Waals surface area contributed by atoms with E-state index in [1.54, 1.807) is 6.92 Å². The number of benzene rings is 1. The Bertz CT molecular complexity index is 787. The first-order chi connectivity index (χ1) is 10.9. The molecule has 0 spiro atoms. The molecule has 0 radical (unpaired) electrons. The maximum atomic E-state index is 12.5. The molecule has 0 saturated carbocycles. The number of nitro benzene ring substituents is 1. The van der Waals surface area contributed by atoms with Crippen LogP contribution in [0.4, 0.5) is 5.69 Å². The van der Waals surface area contributed by atoms with Crippen molar-refractivity contribution >= 4 is 29.3 Å². The van der Waals surface area contributed by atoms with Gasteiger partial charge in [0.2, 0.25) is 5.91 Å². The molecule has 9 nitrogen and oxygen atoms in total. The number of rotatable bonds is 3. The van der Waals surface area contributed by atoms with Crippen LogP contribution in [0.5, 0.6) is 0 Å². The molecule has 23 heavy (non-hydrogen) atoms. The van der Waals surface area contributed by atoms with Crippen molar-refractivity contribution < 1.29 is 24.1 Å². The topological polar surface area (TPSA) is 118 Å². The van der Waals surface area contributed by atoms with E-state index < -0.39 is 40.3 Å². The Kier molecular flexibility index (Phi) is 3.20. The Balaban J connectivity index is 2.05. The number of fused-ring (bicyclic) bond motifs is 1. The third kappa shape index (κ3) is 1.93. The Labute approximate surface area is 129 Å². The molecule has 1 aromatic carbocycles. The summed E-state index contributed by atoms with van der Waals surface area (Å²) in [7, 11) is 0. The predicted octanol–water partition coefficient (Wildman–Crippen LogP) is 0.338. The lowest BCUT2D eigenvalue weighted by molar-refractivity contribution is -0.385. The summed E-state index contributed by atoms with van der Waals surface area (Å²) >= 11 is 0. The quantitative estimate of drug-likeness (QED) is 0.450. The highest BCUT2D eigenvalue weighted by Gasteiger charge is 2.51. The van der Waals surface area contributed by atoms with Crippen LogP contribution in [0.25, 0.3) is 0 Å². The van der Waals surface area contributed by atoms with Gasteiger partial charge < -0.3 is 0 Å². The van der Waals surface area contributed by atoms with E-state index >= 15 is 0 Å². The van der Waals surface area contributed by atoms with Gasteiger partial charge in [-0.2, -0.15) is 0 Å². The second kappa shape index (κ2) is 4.97. The molecule has 1 unspecified atom stereocenters. The lowest BCUT2D eigenvalue weighted by Crippen LogP contribution is -2.45. The van der Waals surface area contributed by atoms with Crippen LogP contribution in [0.3, 0.4) is 0 Å². The molecular formula is C14H11N3O6. The number of nitrogens with zero attached hydrogens (tertiary/aromatic N) is 3. The number of carbonyl (C=O) groups excluding carboxylic acids is 4. The molecule has 0 aliphatic carbocycles. The zero-order valence-electron chi connectivity index (χ0n) is 12.0. The number of likely N-dealkylation sites (N-methyl/N-ethyl adjacent to an activating group) is 1. The van der Waals surface area contributed by atoms with Crippen LogP contribution in [0, 0.1) is 10.1 Å². The molecule has 2 aliphatic rings. The zero-order valence-corrected chi connectivity index (χ0v) is 12.0. The van der Waals surface area contributed by atoms with Crippen LogP contribution in [-0.2, 0) is 9.59 Å². The normalized spacial score (nSPS) is 20.5. The van der Waals surface area contributed by atoms with Gasteiger partial charge in [-0.3, -0.25) is 39.1 Å². The van der Waals surface area contributed by atoms with E-state index in [1.807, 2.05) is 0 Å². The molecule has 3 rings (SSSR count). The van der Waals surface area contributed by atoms with E-state index in [0.29, 0.717) is 4.90 Å². The third-order valence-corrected chi connectivity index (χ3v) is 3.97. The van der Waals surface area contributed by atoms with Gasteiger partial charge >= 0.3 is 0 Å². The van der Waals surface area contributed by atoms with E-state index in [0.717, 1.165) is 11.0 Å². The van der Waals surface area contributed by atoms with Gasteiger partial charge in [0.25, 0.3) is 23.4 Å². The van der Waals surface area contributed by atoms with Crippen molar-refractivity contribution in [2.45, 2.75) is 19.4 Å². The average molecular weight is 317 g/mol. The lowest BCUT2D eigenvalue weighted by Gasteiger charge is -2.20. The van der Waals surface area contributed by atoms with Crippen LogP contribution in [0.2, 0.25) is 0 Å². The van der Waals surface area contributed by atoms with Crippen LogP contribution in [-0.4, -0.2) is 50.9 Å². The van der Waals surface area contributed by atoms with E-state index in [-0.39, 0.29) is 24.1 Å². The minimum atomic E-state index is -1.24. The fraction of sp³-hybridized carbons (Fsp3) is 0.286. The van der Waals surface area contributed by atoms with E-state index in [1.165, 1.54) is 12.1 Å². The minimum Gasteiger partial charge on any atom is -0.281 e. The van der Waals surface area contributed by atoms with E-state index in [2.05, 4.69) is 0 Å². The molecule has 1 fully saturated rings. The average Bonchev–Trinajstić information content (AvgIpc) is 2.93. The second-order valence-corrected chi connectivity index (χ2v) is 5.13. The van der Waals surface area contributed by atoms with Crippen LogP contribution < -0.4 is 0 Å². The Morgan fingerprint density at radius 3 is 2.48 bits per heavy atom. The van der Waals surface area contributed by atoms with Crippen molar-refractivity contribution in [1.29, 1.82) is 0 Å². The third-order valence-electron chi connectivity index (χ3n) is 3.97. The highest BCUT2D eigenvalue weighted by molar-refractivity contribution is 6.25. The summed E-state index contributed by atoms with van der Waals surface area (Å²) in [5.74, 6) is -2.83. The maximum Gasteiger partial charge on any atom is 0.282 e. The molecule has 0 bridgehead atoms. The smallest absolute Gasteiger partial charge is 0.281 e. The number of hydrogen-bond acceptors (Lipinski definition) is 6. The SMILES string of the molecule is CCN1C(=O)CC(N2C(=O)c3cccc([N+](=O)[O-])c3C2=O)C1=O. The summed E-state index contributed by atoms with van der Waals surface area (Å²) in [6, 6.07) is 2.47. The number of nitro groups is 1. The van der Waals surface area contributed by atoms with Gasteiger partial charge in [0.1, 0.15) is 11.6 Å². The van der Waals surface area contributed by atoms with Gasteiger partial charge in [0, 0.05) is 12.6 Å². The summed E-state index contributed by atoms with van der Waals surface area (Å²) in [4.78, 5) is 60.8. The van der Waals surface area contributed by atoms with Crippen molar-refractivity contribution in [3.63, 3.8) is 0 Å². The highest BCUT2D eigenvalue weighted by Crippen LogP contribution is 2.34. The Morgan fingerprint density at radius 1 is 1.22 bits per heavy atom. The van der Waals surface area contributed by atoms with Crippen LogP contribution in [0.1, 0.15) is 34.1 Å². The van der Waals surface area contributed by atoms with Gasteiger partial charge in [-0.1, -0.05) is 6.07 Å². The number of amides is 4. The van der Waals surface area contributed by atoms with Crippen LogP contribution >= 0.6 is 0 Å². The first kappa shape index (κ1) is 14.8. The first-order valence-electron chi connectivity index (χ1n) is 6.88. The van der Waals surface area contributed by atoms with Crippen molar-refractivity contribution in [2.75, 3.05) is 6.54 Å². The summed E-state index contributed by atoms with van der Waals surface area (Å²) in [6.07, 6.45) is -0.300. The molecule has 1 saturated heterocycles. The van der Waals surface area contributed by atoms with Gasteiger partial charge in [-0.05, 0) is 13.0 Å². The number of carbonyl (C=O) groups is 4. The fourth-order valence-corrected chi connectivity index (χ4v) is 2.92. The Morgan fingerprint density at radius 2 is 1.91 bits per heavy atom. The summed E-state index contributed by atoms with van der Waals surface area (Å²) < 4.78 is 0. The molecule has 2 heterocycles. The fourth-order valence-electron chi connectivity index (χ4n) is 2.92. The summed E-state index contributed by atoms with van der Waals surface area (Å²) in [5.41, 5.74) is -0.954. The zero-order chi connectivity index (χ0) is 16.9. The Hall–Kier alpha value is -3.10. The highest BCUT2D eigenvalue weighted by atomic mass is 16.6. The predicted molar refractivity (Wildman–Crippen MR) is 74.4 cm³/mol. The van der Waals surface area contributed by atoms with Crippen molar-refractivity contribution in [3.8, 4) is 0 Å². The standard InChI is InChI=1S/C14H11N3O6/c1-2-15-10(18)6-9(13(15)20)16-12(19)7-4-3-5-8(17(22)23)11(7)14(16)21/h3-5,9H,2,6H2,1H3. The second-order valence-electron chi connectivity index (χ2n) is 5.13. The van der Waals surface area contributed by atoms with Crippen LogP contribution in [0.15, 0.2) is 18.2 Å². The van der Waals surface area contributed by atoms with Crippen molar-refractivity contribution in [1.82, 2.24) is 9.80 Å². The molecule has 0 N–H and O–H groups in total. The van der Waals surface area contributed by atoms with Gasteiger partial charge in [-0.25, -0.2) is 0 Å². The number of hydrogen-bond donors (Lipinski definition) is 0. The van der Waals surface area contributed by atoms with Crippen molar-refractivity contribution in [3.05, 3.63) is 39.4 Å².